The van der Waals surface area contributed by atoms with Gasteiger partial charge in [-0.2, -0.15) is 0 Å². The van der Waals surface area contributed by atoms with Crippen molar-refractivity contribution < 1.29 is 9.90 Å². The number of aromatic nitrogens is 1. The molecule has 0 fully saturated rings. The molecule has 0 spiro atoms. The molecule has 1 atom stereocenters. The van der Waals surface area contributed by atoms with Gasteiger partial charge in [0.1, 0.15) is 0 Å². The number of nitrogens with one attached hydrogen (secondary N) is 1. The van der Waals surface area contributed by atoms with Crippen molar-refractivity contribution in [3.8, 4) is 0 Å². The van der Waals surface area contributed by atoms with Crippen molar-refractivity contribution in [3.05, 3.63) is 29.6 Å². The van der Waals surface area contributed by atoms with Crippen molar-refractivity contribution in [1.82, 2.24) is 10.3 Å². The van der Waals surface area contributed by atoms with Crippen molar-refractivity contribution in [3.63, 3.8) is 0 Å². The van der Waals surface area contributed by atoms with Crippen molar-refractivity contribution in [2.24, 2.45) is 5.41 Å². The second-order valence-electron chi connectivity index (χ2n) is 5.81. The smallest absolute Gasteiger partial charge is 0.253 e. The first-order chi connectivity index (χ1) is 8.31. The molecule has 1 heterocycles. The summed E-state index contributed by atoms with van der Waals surface area (Å²) in [6.07, 6.45) is 2.28. The number of hydrogen-bond acceptors (Lipinski definition) is 3. The van der Waals surface area contributed by atoms with Crippen LogP contribution in [0.2, 0.25) is 0 Å². The van der Waals surface area contributed by atoms with Crippen LogP contribution in [0.1, 0.15) is 43.2 Å². The second-order valence-corrected chi connectivity index (χ2v) is 5.81. The van der Waals surface area contributed by atoms with Gasteiger partial charge < -0.3 is 10.4 Å². The van der Waals surface area contributed by atoms with Gasteiger partial charge in [0.25, 0.3) is 5.91 Å². The third-order valence-corrected chi connectivity index (χ3v) is 2.59. The molecule has 1 amide bonds. The highest BCUT2D eigenvalue weighted by Gasteiger charge is 2.20. The Bertz CT molecular complexity index is 393. The SMILES string of the molecule is Cc1ccc(C(=O)NC(CO)CC(C)(C)C)cn1. The number of pyridine rings is 1. The fourth-order valence-corrected chi connectivity index (χ4v) is 1.77. The van der Waals surface area contributed by atoms with Crippen LogP contribution < -0.4 is 5.32 Å². The van der Waals surface area contributed by atoms with Gasteiger partial charge in [0.15, 0.2) is 0 Å². The number of aliphatic hydroxyl groups is 1. The molecule has 1 unspecified atom stereocenters. The van der Waals surface area contributed by atoms with Crippen molar-refractivity contribution in [2.45, 2.75) is 40.2 Å². The van der Waals surface area contributed by atoms with Gasteiger partial charge in [0.2, 0.25) is 0 Å². The molecule has 1 aromatic heterocycles. The van der Waals surface area contributed by atoms with E-state index in [1.54, 1.807) is 18.3 Å². The van der Waals surface area contributed by atoms with Gasteiger partial charge >= 0.3 is 0 Å². The van der Waals surface area contributed by atoms with Crippen LogP contribution >= 0.6 is 0 Å². The highest BCUT2D eigenvalue weighted by Crippen LogP contribution is 2.20. The van der Waals surface area contributed by atoms with Crippen LogP contribution in [-0.4, -0.2) is 28.6 Å². The molecule has 0 bridgehead atoms. The molecule has 0 radical (unpaired) electrons. The van der Waals surface area contributed by atoms with Gasteiger partial charge in [0.05, 0.1) is 18.2 Å². The first-order valence-corrected chi connectivity index (χ1v) is 6.16. The molecule has 0 aliphatic carbocycles. The Kier molecular flexibility index (Phi) is 4.84. The molecular weight excluding hydrogens is 228 g/mol. The first-order valence-electron chi connectivity index (χ1n) is 6.16. The number of aliphatic hydroxyl groups excluding tert-OH is 1. The molecule has 1 rings (SSSR count). The first kappa shape index (κ1) is 14.6. The number of nitrogens with zero attached hydrogens (tertiary/aromatic N) is 1. The van der Waals surface area contributed by atoms with Crippen molar-refractivity contribution >= 4 is 5.91 Å². The van der Waals surface area contributed by atoms with Gasteiger partial charge in [-0.25, -0.2) is 0 Å². The molecule has 0 aliphatic heterocycles. The van der Waals surface area contributed by atoms with E-state index in [2.05, 4.69) is 31.1 Å². The van der Waals surface area contributed by atoms with E-state index in [1.165, 1.54) is 0 Å². The van der Waals surface area contributed by atoms with Crippen molar-refractivity contribution in [2.75, 3.05) is 6.61 Å². The van der Waals surface area contributed by atoms with Crippen LogP contribution in [0, 0.1) is 12.3 Å². The third-order valence-electron chi connectivity index (χ3n) is 2.59. The Balaban J connectivity index is 2.65. The fraction of sp³-hybridized carbons (Fsp3) is 0.571. The Morgan fingerprint density at radius 3 is 2.56 bits per heavy atom. The Hall–Kier alpha value is -1.42. The van der Waals surface area contributed by atoms with Gasteiger partial charge in [0, 0.05) is 11.9 Å². The fourth-order valence-electron chi connectivity index (χ4n) is 1.77. The predicted molar refractivity (Wildman–Crippen MR) is 71.4 cm³/mol. The maximum Gasteiger partial charge on any atom is 0.253 e. The Labute approximate surface area is 108 Å². The zero-order valence-corrected chi connectivity index (χ0v) is 11.5. The lowest BCUT2D eigenvalue weighted by atomic mass is 9.88. The molecule has 1 aromatic rings. The van der Waals surface area contributed by atoms with Crippen LogP contribution in [-0.2, 0) is 0 Å². The normalized spacial score (nSPS) is 13.2. The van der Waals surface area contributed by atoms with E-state index in [4.69, 9.17) is 0 Å². The lowest BCUT2D eigenvalue weighted by Crippen LogP contribution is -2.40. The number of rotatable bonds is 4. The Morgan fingerprint density at radius 1 is 1.44 bits per heavy atom. The van der Waals surface area contributed by atoms with Crippen LogP contribution in [0.15, 0.2) is 18.3 Å². The largest absolute Gasteiger partial charge is 0.394 e. The van der Waals surface area contributed by atoms with Crippen LogP contribution in [0.3, 0.4) is 0 Å². The van der Waals surface area contributed by atoms with Crippen LogP contribution in [0.25, 0.3) is 0 Å². The van der Waals surface area contributed by atoms with Gasteiger partial charge in [-0.1, -0.05) is 20.8 Å². The summed E-state index contributed by atoms with van der Waals surface area (Å²) in [5, 5.41) is 12.1. The minimum atomic E-state index is -0.223. The van der Waals surface area contributed by atoms with E-state index in [1.807, 2.05) is 6.92 Å². The molecule has 0 saturated carbocycles. The third kappa shape index (κ3) is 4.84. The molecule has 0 saturated heterocycles. The van der Waals surface area contributed by atoms with E-state index < -0.39 is 0 Å². The summed E-state index contributed by atoms with van der Waals surface area (Å²) in [6.45, 7) is 8.06. The van der Waals surface area contributed by atoms with Crippen LogP contribution in [0.5, 0.6) is 0 Å². The van der Waals surface area contributed by atoms with Gasteiger partial charge in [-0.15, -0.1) is 0 Å². The number of carbonyl (C=O) groups excluding carboxylic acids is 1. The molecule has 4 heteroatoms. The van der Waals surface area contributed by atoms with E-state index >= 15 is 0 Å². The highest BCUT2D eigenvalue weighted by molar-refractivity contribution is 5.94. The maximum atomic E-state index is 11.9. The predicted octanol–water partition coefficient (Wildman–Crippen LogP) is 1.92. The molecular formula is C14H22N2O2. The molecule has 4 nitrogen and oxygen atoms in total. The summed E-state index contributed by atoms with van der Waals surface area (Å²) in [5.74, 6) is -0.189. The monoisotopic (exact) mass is 250 g/mol. The zero-order chi connectivity index (χ0) is 13.8. The van der Waals surface area contributed by atoms with E-state index in [-0.39, 0.29) is 24.0 Å². The summed E-state index contributed by atoms with van der Waals surface area (Å²) in [7, 11) is 0. The molecule has 18 heavy (non-hydrogen) atoms. The summed E-state index contributed by atoms with van der Waals surface area (Å²) in [4.78, 5) is 16.0. The van der Waals surface area contributed by atoms with Gasteiger partial charge in [-0.05, 0) is 30.9 Å². The average Bonchev–Trinajstić information content (AvgIpc) is 2.27. The van der Waals surface area contributed by atoms with Gasteiger partial charge in [-0.3, -0.25) is 9.78 Å². The topological polar surface area (TPSA) is 62.2 Å². The lowest BCUT2D eigenvalue weighted by Gasteiger charge is -2.25. The van der Waals surface area contributed by atoms with E-state index in [0.29, 0.717) is 5.56 Å². The summed E-state index contributed by atoms with van der Waals surface area (Å²) in [5.41, 5.74) is 1.46. The molecule has 0 aromatic carbocycles. The average molecular weight is 250 g/mol. The number of hydrogen-bond donors (Lipinski definition) is 2. The van der Waals surface area contributed by atoms with E-state index in [0.717, 1.165) is 12.1 Å². The Morgan fingerprint density at radius 2 is 2.11 bits per heavy atom. The molecule has 2 N–H and O–H groups in total. The standard InChI is InChI=1S/C14H22N2O2/c1-10-5-6-11(8-15-10)13(18)16-12(9-17)7-14(2,3)4/h5-6,8,12,17H,7,9H2,1-4H3,(H,16,18). The quantitative estimate of drug-likeness (QED) is 0.858. The molecule has 0 aliphatic rings. The number of carbonyl (C=O) groups is 1. The van der Waals surface area contributed by atoms with Crippen molar-refractivity contribution in [1.29, 1.82) is 0 Å². The second kappa shape index (κ2) is 5.96. The zero-order valence-electron chi connectivity index (χ0n) is 11.5. The minimum absolute atomic E-state index is 0.0533. The van der Waals surface area contributed by atoms with Crippen LogP contribution in [0.4, 0.5) is 0 Å². The molecule has 100 valence electrons. The minimum Gasteiger partial charge on any atom is -0.394 e. The van der Waals surface area contributed by atoms with E-state index in [9.17, 15) is 9.90 Å². The lowest BCUT2D eigenvalue weighted by molar-refractivity contribution is 0.0897. The summed E-state index contributed by atoms with van der Waals surface area (Å²) < 4.78 is 0. The summed E-state index contributed by atoms with van der Waals surface area (Å²) >= 11 is 0. The maximum absolute atomic E-state index is 11.9. The number of amides is 1. The number of aryl methyl sites for hydroxylation is 1. The summed E-state index contributed by atoms with van der Waals surface area (Å²) in [6, 6.07) is 3.31. The highest BCUT2D eigenvalue weighted by atomic mass is 16.3.